The van der Waals surface area contributed by atoms with Crippen LogP contribution < -0.4 is 11.0 Å². The molecule has 2 rings (SSSR count). The topological polar surface area (TPSA) is 120 Å². The second-order valence-corrected chi connectivity index (χ2v) is 5.85. The molecule has 1 saturated heterocycles. The van der Waals surface area contributed by atoms with Crippen LogP contribution in [0.15, 0.2) is 17.1 Å². The molecule has 2 N–H and O–H groups in total. The lowest BCUT2D eigenvalue weighted by atomic mass is 10.2. The SMILES string of the molecule is CCOC(=O)CCCC(=O)Nc1ccn(C2OC(C)CC2O)c(=O)n1. The summed E-state index contributed by atoms with van der Waals surface area (Å²) in [5, 5.41) is 12.4. The lowest BCUT2D eigenvalue weighted by molar-refractivity contribution is -0.143. The maximum Gasteiger partial charge on any atom is 0.351 e. The van der Waals surface area contributed by atoms with Gasteiger partial charge in [0.2, 0.25) is 5.91 Å². The van der Waals surface area contributed by atoms with Gasteiger partial charge >= 0.3 is 11.7 Å². The summed E-state index contributed by atoms with van der Waals surface area (Å²) in [5.41, 5.74) is -0.623. The van der Waals surface area contributed by atoms with Crippen LogP contribution in [0.2, 0.25) is 0 Å². The Morgan fingerprint density at radius 1 is 1.48 bits per heavy atom. The van der Waals surface area contributed by atoms with Crippen molar-refractivity contribution in [3.8, 4) is 0 Å². The van der Waals surface area contributed by atoms with E-state index in [1.54, 1.807) is 6.92 Å². The summed E-state index contributed by atoms with van der Waals surface area (Å²) in [7, 11) is 0. The number of amides is 1. The minimum atomic E-state index is -0.780. The third-order valence-electron chi connectivity index (χ3n) is 3.74. The molecule has 0 radical (unpaired) electrons. The first-order valence-electron chi connectivity index (χ1n) is 8.29. The Bertz CT molecular complexity index is 674. The number of carbonyl (C=O) groups is 2. The molecule has 3 unspecified atom stereocenters. The van der Waals surface area contributed by atoms with E-state index in [0.717, 1.165) is 0 Å². The van der Waals surface area contributed by atoms with Crippen LogP contribution in [0.5, 0.6) is 0 Å². The number of hydrogen-bond donors (Lipinski definition) is 2. The second kappa shape index (κ2) is 8.72. The quantitative estimate of drug-likeness (QED) is 0.688. The van der Waals surface area contributed by atoms with E-state index in [1.165, 1.54) is 16.8 Å². The number of nitrogens with one attached hydrogen (secondary N) is 1. The highest BCUT2D eigenvalue weighted by atomic mass is 16.5. The number of carbonyl (C=O) groups excluding carboxylic acids is 2. The number of aliphatic hydroxyl groups excluding tert-OH is 1. The summed E-state index contributed by atoms with van der Waals surface area (Å²) in [6.07, 6.45) is 0.789. The highest BCUT2D eigenvalue weighted by Crippen LogP contribution is 2.27. The van der Waals surface area contributed by atoms with Crippen LogP contribution in [0.4, 0.5) is 5.82 Å². The van der Waals surface area contributed by atoms with E-state index < -0.39 is 18.0 Å². The number of rotatable bonds is 7. The fraction of sp³-hybridized carbons (Fsp3) is 0.625. The molecule has 9 heteroatoms. The first kappa shape index (κ1) is 19.1. The van der Waals surface area contributed by atoms with Gasteiger partial charge < -0.3 is 19.9 Å². The maximum atomic E-state index is 12.1. The van der Waals surface area contributed by atoms with Gasteiger partial charge in [0.25, 0.3) is 0 Å². The zero-order valence-corrected chi connectivity index (χ0v) is 14.3. The van der Waals surface area contributed by atoms with Crippen LogP contribution >= 0.6 is 0 Å². The van der Waals surface area contributed by atoms with Gasteiger partial charge in [-0.1, -0.05) is 0 Å². The van der Waals surface area contributed by atoms with Gasteiger partial charge in [0.05, 0.1) is 12.7 Å². The van der Waals surface area contributed by atoms with Crippen LogP contribution in [0, 0.1) is 0 Å². The summed E-state index contributed by atoms with van der Waals surface area (Å²) in [6.45, 7) is 3.84. The Hall–Kier alpha value is -2.26. The van der Waals surface area contributed by atoms with Gasteiger partial charge in [0.1, 0.15) is 11.9 Å². The van der Waals surface area contributed by atoms with Crippen molar-refractivity contribution in [2.45, 2.75) is 58.0 Å². The number of nitrogens with zero attached hydrogens (tertiary/aromatic N) is 2. The summed E-state index contributed by atoms with van der Waals surface area (Å²) < 4.78 is 11.5. The Labute approximate surface area is 145 Å². The molecule has 1 aliphatic heterocycles. The number of esters is 1. The highest BCUT2D eigenvalue weighted by Gasteiger charge is 2.33. The fourth-order valence-corrected chi connectivity index (χ4v) is 2.60. The molecule has 2 heterocycles. The Balaban J connectivity index is 1.89. The monoisotopic (exact) mass is 353 g/mol. The predicted molar refractivity (Wildman–Crippen MR) is 87.8 cm³/mol. The second-order valence-electron chi connectivity index (χ2n) is 5.85. The molecule has 1 amide bonds. The fourth-order valence-electron chi connectivity index (χ4n) is 2.60. The van der Waals surface area contributed by atoms with Gasteiger partial charge in [-0.25, -0.2) is 4.79 Å². The lowest BCUT2D eigenvalue weighted by Crippen LogP contribution is -2.32. The average molecular weight is 353 g/mol. The van der Waals surface area contributed by atoms with Gasteiger partial charge in [-0.05, 0) is 26.3 Å². The van der Waals surface area contributed by atoms with Crippen molar-refractivity contribution in [2.75, 3.05) is 11.9 Å². The van der Waals surface area contributed by atoms with Crippen molar-refractivity contribution in [3.05, 3.63) is 22.7 Å². The number of aromatic nitrogens is 2. The largest absolute Gasteiger partial charge is 0.466 e. The first-order chi connectivity index (χ1) is 11.9. The maximum absolute atomic E-state index is 12.1. The van der Waals surface area contributed by atoms with Crippen molar-refractivity contribution < 1.29 is 24.2 Å². The van der Waals surface area contributed by atoms with E-state index in [2.05, 4.69) is 10.3 Å². The standard InChI is InChI=1S/C16H23N3O6/c1-3-24-14(22)6-4-5-13(21)17-12-7-8-19(16(23)18-12)15-11(20)9-10(2)25-15/h7-8,10-11,15,20H,3-6,9H2,1-2H3,(H,17,18,21,23). The summed E-state index contributed by atoms with van der Waals surface area (Å²) in [4.78, 5) is 38.9. The molecule has 1 fully saturated rings. The normalized spacial score (nSPS) is 22.6. The molecule has 0 bridgehead atoms. The Kier molecular flexibility index (Phi) is 6.65. The molecule has 1 aromatic rings. The van der Waals surface area contributed by atoms with Crippen molar-refractivity contribution in [2.24, 2.45) is 0 Å². The van der Waals surface area contributed by atoms with Crippen molar-refractivity contribution in [3.63, 3.8) is 0 Å². The predicted octanol–water partition coefficient (Wildman–Crippen LogP) is 0.583. The molecule has 0 aromatic carbocycles. The number of ether oxygens (including phenoxy) is 2. The number of anilines is 1. The van der Waals surface area contributed by atoms with Crippen LogP contribution in [-0.4, -0.2) is 45.3 Å². The molecule has 1 aliphatic rings. The number of aliphatic hydroxyl groups is 1. The summed E-state index contributed by atoms with van der Waals surface area (Å²) >= 11 is 0. The zero-order valence-electron chi connectivity index (χ0n) is 14.3. The van der Waals surface area contributed by atoms with Crippen LogP contribution in [-0.2, 0) is 19.1 Å². The average Bonchev–Trinajstić information content (AvgIpc) is 2.86. The van der Waals surface area contributed by atoms with Gasteiger partial charge in [0, 0.05) is 25.5 Å². The Morgan fingerprint density at radius 3 is 2.84 bits per heavy atom. The Morgan fingerprint density at radius 2 is 2.24 bits per heavy atom. The van der Waals surface area contributed by atoms with Gasteiger partial charge in [-0.15, -0.1) is 0 Å². The van der Waals surface area contributed by atoms with Crippen LogP contribution in [0.3, 0.4) is 0 Å². The van der Waals surface area contributed by atoms with E-state index >= 15 is 0 Å². The van der Waals surface area contributed by atoms with Gasteiger partial charge in [-0.3, -0.25) is 14.2 Å². The van der Waals surface area contributed by atoms with E-state index in [9.17, 15) is 19.5 Å². The minimum absolute atomic E-state index is 0.114. The summed E-state index contributed by atoms with van der Waals surface area (Å²) in [5.74, 6) is -0.581. The van der Waals surface area contributed by atoms with E-state index in [0.29, 0.717) is 19.4 Å². The van der Waals surface area contributed by atoms with E-state index in [-0.39, 0.29) is 36.6 Å². The van der Waals surface area contributed by atoms with Crippen molar-refractivity contribution >= 4 is 17.7 Å². The number of hydrogen-bond acceptors (Lipinski definition) is 7. The lowest BCUT2D eigenvalue weighted by Gasteiger charge is -2.17. The highest BCUT2D eigenvalue weighted by molar-refractivity contribution is 5.89. The van der Waals surface area contributed by atoms with Gasteiger partial charge in [-0.2, -0.15) is 4.98 Å². The molecule has 9 nitrogen and oxygen atoms in total. The molecule has 1 aromatic heterocycles. The van der Waals surface area contributed by atoms with Crippen molar-refractivity contribution in [1.82, 2.24) is 9.55 Å². The molecule has 0 spiro atoms. The molecule has 25 heavy (non-hydrogen) atoms. The van der Waals surface area contributed by atoms with Crippen LogP contribution in [0.1, 0.15) is 45.8 Å². The molecule has 3 atom stereocenters. The van der Waals surface area contributed by atoms with Gasteiger partial charge in [0.15, 0.2) is 6.23 Å². The minimum Gasteiger partial charge on any atom is -0.466 e. The molecular weight excluding hydrogens is 330 g/mol. The van der Waals surface area contributed by atoms with Crippen LogP contribution in [0.25, 0.3) is 0 Å². The third kappa shape index (κ3) is 5.36. The zero-order chi connectivity index (χ0) is 18.4. The molecule has 0 aliphatic carbocycles. The summed E-state index contributed by atoms with van der Waals surface area (Å²) in [6, 6.07) is 1.46. The van der Waals surface area contributed by atoms with E-state index in [1.807, 2.05) is 6.92 Å². The molecular formula is C16H23N3O6. The first-order valence-corrected chi connectivity index (χ1v) is 8.29. The third-order valence-corrected chi connectivity index (χ3v) is 3.74. The smallest absolute Gasteiger partial charge is 0.351 e. The van der Waals surface area contributed by atoms with Crippen molar-refractivity contribution in [1.29, 1.82) is 0 Å². The van der Waals surface area contributed by atoms with E-state index in [4.69, 9.17) is 9.47 Å². The molecule has 138 valence electrons. The molecule has 0 saturated carbocycles.